The number of hydrogen-bond acceptors (Lipinski definition) is 3. The van der Waals surface area contributed by atoms with Gasteiger partial charge in [0.25, 0.3) is 0 Å². The molecule has 0 bridgehead atoms. The predicted octanol–water partition coefficient (Wildman–Crippen LogP) is 2.12. The van der Waals surface area contributed by atoms with Gasteiger partial charge >= 0.3 is 0 Å². The van der Waals surface area contributed by atoms with Crippen LogP contribution in [0, 0.1) is 5.41 Å². The van der Waals surface area contributed by atoms with Crippen LogP contribution in [-0.2, 0) is 4.74 Å². The van der Waals surface area contributed by atoms with E-state index in [1.54, 1.807) is 0 Å². The van der Waals surface area contributed by atoms with Crippen LogP contribution in [0.3, 0.4) is 0 Å². The smallest absolute Gasteiger partial charge is 0.0518 e. The van der Waals surface area contributed by atoms with Gasteiger partial charge in [0.05, 0.1) is 6.10 Å². The van der Waals surface area contributed by atoms with E-state index in [0.717, 1.165) is 26.1 Å². The molecule has 102 valence electrons. The zero-order valence-electron chi connectivity index (χ0n) is 12.1. The first kappa shape index (κ1) is 14.9. The zero-order chi connectivity index (χ0) is 12.7. The summed E-state index contributed by atoms with van der Waals surface area (Å²) < 4.78 is 5.50. The minimum Gasteiger partial charge on any atom is -0.379 e. The molecule has 1 heterocycles. The third kappa shape index (κ3) is 7.02. The Kier molecular flexibility index (Phi) is 6.45. The largest absolute Gasteiger partial charge is 0.379 e. The van der Waals surface area contributed by atoms with E-state index in [1.165, 1.54) is 26.1 Å². The van der Waals surface area contributed by atoms with Gasteiger partial charge in [-0.05, 0) is 45.2 Å². The fraction of sp³-hybridized carbons (Fsp3) is 1.00. The summed E-state index contributed by atoms with van der Waals surface area (Å²) in [5.74, 6) is 0. The number of nitrogens with one attached hydrogen (secondary N) is 1. The van der Waals surface area contributed by atoms with Gasteiger partial charge in [-0.15, -0.1) is 0 Å². The summed E-state index contributed by atoms with van der Waals surface area (Å²) in [7, 11) is 0. The van der Waals surface area contributed by atoms with Crippen LogP contribution in [-0.4, -0.2) is 50.3 Å². The minimum absolute atomic E-state index is 0.363. The molecule has 0 unspecified atom stereocenters. The lowest BCUT2D eigenvalue weighted by Gasteiger charge is -2.19. The number of nitrogens with zero attached hydrogens (tertiary/aromatic N) is 1. The Morgan fingerprint density at radius 3 is 2.65 bits per heavy atom. The van der Waals surface area contributed by atoms with Crippen molar-refractivity contribution in [1.82, 2.24) is 10.2 Å². The quantitative estimate of drug-likeness (QED) is 0.660. The molecule has 1 fully saturated rings. The van der Waals surface area contributed by atoms with Crippen molar-refractivity contribution in [2.24, 2.45) is 5.41 Å². The molecule has 1 aliphatic rings. The van der Waals surface area contributed by atoms with Gasteiger partial charge in [-0.1, -0.05) is 13.8 Å². The maximum absolute atomic E-state index is 5.50. The SMILES string of the molecule is CC(C)OCCCNCCN1CCC(C)(C)C1. The predicted molar refractivity (Wildman–Crippen MR) is 73.4 cm³/mol. The van der Waals surface area contributed by atoms with Crippen LogP contribution in [0.4, 0.5) is 0 Å². The van der Waals surface area contributed by atoms with Crippen molar-refractivity contribution in [2.45, 2.75) is 46.6 Å². The Labute approximate surface area is 107 Å². The maximum atomic E-state index is 5.50. The van der Waals surface area contributed by atoms with E-state index in [-0.39, 0.29) is 0 Å². The van der Waals surface area contributed by atoms with Crippen LogP contribution < -0.4 is 5.32 Å². The monoisotopic (exact) mass is 242 g/mol. The summed E-state index contributed by atoms with van der Waals surface area (Å²) in [5, 5.41) is 3.49. The molecule has 0 spiro atoms. The first-order valence-corrected chi connectivity index (χ1v) is 7.04. The number of likely N-dealkylation sites (tertiary alicyclic amines) is 1. The summed E-state index contributed by atoms with van der Waals surface area (Å²) >= 11 is 0. The molecule has 0 atom stereocenters. The molecular formula is C14H30N2O. The van der Waals surface area contributed by atoms with E-state index in [4.69, 9.17) is 4.74 Å². The fourth-order valence-electron chi connectivity index (χ4n) is 2.29. The highest BCUT2D eigenvalue weighted by atomic mass is 16.5. The van der Waals surface area contributed by atoms with Crippen LogP contribution in [0.5, 0.6) is 0 Å². The van der Waals surface area contributed by atoms with Crippen LogP contribution in [0.1, 0.15) is 40.5 Å². The van der Waals surface area contributed by atoms with Gasteiger partial charge < -0.3 is 15.0 Å². The maximum Gasteiger partial charge on any atom is 0.0518 e. The molecule has 1 saturated heterocycles. The molecule has 0 aromatic heterocycles. The highest BCUT2D eigenvalue weighted by molar-refractivity contribution is 4.82. The van der Waals surface area contributed by atoms with Gasteiger partial charge in [-0.2, -0.15) is 0 Å². The Morgan fingerprint density at radius 2 is 2.06 bits per heavy atom. The van der Waals surface area contributed by atoms with Crippen LogP contribution in [0.15, 0.2) is 0 Å². The van der Waals surface area contributed by atoms with E-state index in [0.29, 0.717) is 11.5 Å². The van der Waals surface area contributed by atoms with Crippen molar-refractivity contribution >= 4 is 0 Å². The molecule has 0 aromatic rings. The van der Waals surface area contributed by atoms with Gasteiger partial charge in [0, 0.05) is 26.2 Å². The fourth-order valence-corrected chi connectivity index (χ4v) is 2.29. The number of ether oxygens (including phenoxy) is 1. The normalized spacial score (nSPS) is 20.3. The van der Waals surface area contributed by atoms with Gasteiger partial charge in [-0.25, -0.2) is 0 Å². The topological polar surface area (TPSA) is 24.5 Å². The van der Waals surface area contributed by atoms with Crippen LogP contribution >= 0.6 is 0 Å². The molecule has 0 aromatic carbocycles. The Hall–Kier alpha value is -0.120. The lowest BCUT2D eigenvalue weighted by molar-refractivity contribution is 0.0770. The second kappa shape index (κ2) is 7.34. The average molecular weight is 242 g/mol. The number of hydrogen-bond donors (Lipinski definition) is 1. The highest BCUT2D eigenvalue weighted by Gasteiger charge is 2.28. The Balaban J connectivity index is 1.88. The second-order valence-corrected chi connectivity index (χ2v) is 6.21. The third-order valence-electron chi connectivity index (χ3n) is 3.31. The van der Waals surface area contributed by atoms with Crippen LogP contribution in [0.2, 0.25) is 0 Å². The van der Waals surface area contributed by atoms with E-state index in [1.807, 2.05) is 0 Å². The Morgan fingerprint density at radius 1 is 1.29 bits per heavy atom. The van der Waals surface area contributed by atoms with Gasteiger partial charge in [0.1, 0.15) is 0 Å². The highest BCUT2D eigenvalue weighted by Crippen LogP contribution is 2.28. The molecule has 17 heavy (non-hydrogen) atoms. The van der Waals surface area contributed by atoms with Gasteiger partial charge in [-0.3, -0.25) is 0 Å². The van der Waals surface area contributed by atoms with E-state index in [9.17, 15) is 0 Å². The minimum atomic E-state index is 0.363. The van der Waals surface area contributed by atoms with Crippen molar-refractivity contribution in [2.75, 3.05) is 39.3 Å². The Bertz CT molecular complexity index is 204. The van der Waals surface area contributed by atoms with Crippen molar-refractivity contribution in [3.05, 3.63) is 0 Å². The molecule has 0 aliphatic carbocycles. The van der Waals surface area contributed by atoms with E-state index in [2.05, 4.69) is 37.9 Å². The number of rotatable bonds is 8. The molecule has 3 heteroatoms. The summed E-state index contributed by atoms with van der Waals surface area (Å²) in [4.78, 5) is 2.57. The second-order valence-electron chi connectivity index (χ2n) is 6.21. The zero-order valence-corrected chi connectivity index (χ0v) is 12.1. The first-order valence-electron chi connectivity index (χ1n) is 7.04. The van der Waals surface area contributed by atoms with Crippen molar-refractivity contribution < 1.29 is 4.74 Å². The summed E-state index contributed by atoms with van der Waals surface area (Å²) in [6, 6.07) is 0. The van der Waals surface area contributed by atoms with Crippen LogP contribution in [0.25, 0.3) is 0 Å². The molecule has 0 saturated carbocycles. The molecule has 3 nitrogen and oxygen atoms in total. The molecule has 1 N–H and O–H groups in total. The van der Waals surface area contributed by atoms with E-state index >= 15 is 0 Å². The lowest BCUT2D eigenvalue weighted by atomic mass is 9.93. The van der Waals surface area contributed by atoms with Crippen molar-refractivity contribution in [3.63, 3.8) is 0 Å². The lowest BCUT2D eigenvalue weighted by Crippen LogP contribution is -2.32. The van der Waals surface area contributed by atoms with E-state index < -0.39 is 0 Å². The van der Waals surface area contributed by atoms with Crippen molar-refractivity contribution in [1.29, 1.82) is 0 Å². The molecule has 0 radical (unpaired) electrons. The summed E-state index contributed by atoms with van der Waals surface area (Å²) in [5.41, 5.74) is 0.533. The average Bonchev–Trinajstić information content (AvgIpc) is 2.56. The third-order valence-corrected chi connectivity index (χ3v) is 3.31. The van der Waals surface area contributed by atoms with Gasteiger partial charge in [0.2, 0.25) is 0 Å². The molecule has 1 aliphatic heterocycles. The molecule has 1 rings (SSSR count). The van der Waals surface area contributed by atoms with Gasteiger partial charge in [0.15, 0.2) is 0 Å². The first-order chi connectivity index (χ1) is 7.99. The molecular weight excluding hydrogens is 212 g/mol. The standard InChI is InChI=1S/C14H30N2O/c1-13(2)17-11-5-7-15-8-10-16-9-6-14(3,4)12-16/h13,15H,5-12H2,1-4H3. The molecule has 0 amide bonds. The summed E-state index contributed by atoms with van der Waals surface area (Å²) in [6.45, 7) is 15.7. The van der Waals surface area contributed by atoms with Crippen molar-refractivity contribution in [3.8, 4) is 0 Å². The summed E-state index contributed by atoms with van der Waals surface area (Å²) in [6.07, 6.45) is 2.82.